The minimum atomic E-state index is -0.601. The normalized spacial score (nSPS) is 21.1. The standard InChI is InChI=1S/C20H24N4O4/c1-13-21-19(23-28-13)20(9-5-6-10-20)22-18(26)14-11-17(25)24(12-14)15-7-3-4-8-16(15)27-2/h3-4,7-8,14H,5-6,9-12H2,1-2H3,(H,22,26). The lowest BCUT2D eigenvalue weighted by molar-refractivity contribution is -0.128. The van der Waals surface area contributed by atoms with Gasteiger partial charge in [-0.3, -0.25) is 9.59 Å². The Morgan fingerprint density at radius 1 is 1.32 bits per heavy atom. The van der Waals surface area contributed by atoms with E-state index in [9.17, 15) is 9.59 Å². The van der Waals surface area contributed by atoms with Crippen molar-refractivity contribution >= 4 is 17.5 Å². The number of carbonyl (C=O) groups is 2. The van der Waals surface area contributed by atoms with Crippen LogP contribution in [0.1, 0.15) is 43.8 Å². The zero-order valence-electron chi connectivity index (χ0n) is 16.1. The van der Waals surface area contributed by atoms with E-state index in [1.54, 1.807) is 18.9 Å². The Hall–Kier alpha value is -2.90. The van der Waals surface area contributed by atoms with Crippen molar-refractivity contribution in [3.8, 4) is 5.75 Å². The number of hydrogen-bond acceptors (Lipinski definition) is 6. The molecule has 1 saturated heterocycles. The molecule has 2 fully saturated rings. The fourth-order valence-electron chi connectivity index (χ4n) is 4.18. The van der Waals surface area contributed by atoms with E-state index in [4.69, 9.17) is 9.26 Å². The summed E-state index contributed by atoms with van der Waals surface area (Å²) in [6, 6.07) is 7.34. The number of para-hydroxylation sites is 2. The van der Waals surface area contributed by atoms with Crippen LogP contribution in [0.3, 0.4) is 0 Å². The SMILES string of the molecule is COc1ccccc1N1CC(C(=O)NC2(c3noc(C)n3)CCCC2)CC1=O. The highest BCUT2D eigenvalue weighted by Crippen LogP contribution is 2.38. The van der Waals surface area contributed by atoms with Crippen LogP contribution in [-0.4, -0.2) is 35.6 Å². The van der Waals surface area contributed by atoms with Crippen molar-refractivity contribution in [1.82, 2.24) is 15.5 Å². The average molecular weight is 384 g/mol. The van der Waals surface area contributed by atoms with Crippen molar-refractivity contribution in [2.24, 2.45) is 5.92 Å². The molecule has 1 unspecified atom stereocenters. The molecule has 8 nitrogen and oxygen atoms in total. The van der Waals surface area contributed by atoms with Gasteiger partial charge in [0, 0.05) is 19.9 Å². The second-order valence-corrected chi connectivity index (χ2v) is 7.49. The topological polar surface area (TPSA) is 97.6 Å². The molecule has 8 heteroatoms. The molecule has 1 aliphatic heterocycles. The van der Waals surface area contributed by atoms with E-state index in [0.29, 0.717) is 29.7 Å². The zero-order chi connectivity index (χ0) is 19.7. The summed E-state index contributed by atoms with van der Waals surface area (Å²) in [6.45, 7) is 2.06. The van der Waals surface area contributed by atoms with Crippen LogP contribution in [0, 0.1) is 12.8 Å². The number of rotatable bonds is 5. The molecular formula is C20H24N4O4. The summed E-state index contributed by atoms with van der Waals surface area (Å²) in [7, 11) is 1.57. The van der Waals surface area contributed by atoms with Crippen LogP contribution in [0.4, 0.5) is 5.69 Å². The van der Waals surface area contributed by atoms with Gasteiger partial charge in [-0.05, 0) is 25.0 Å². The maximum absolute atomic E-state index is 13.1. The Bertz CT molecular complexity index is 888. The molecule has 1 aromatic heterocycles. The molecule has 1 aliphatic carbocycles. The van der Waals surface area contributed by atoms with Gasteiger partial charge in [0.25, 0.3) is 0 Å². The van der Waals surface area contributed by atoms with Crippen LogP contribution in [0.2, 0.25) is 0 Å². The highest BCUT2D eigenvalue weighted by atomic mass is 16.5. The highest BCUT2D eigenvalue weighted by molar-refractivity contribution is 6.01. The predicted octanol–water partition coefficient (Wildman–Crippen LogP) is 2.33. The van der Waals surface area contributed by atoms with Gasteiger partial charge >= 0.3 is 0 Å². The third-order valence-corrected chi connectivity index (χ3v) is 5.65. The monoisotopic (exact) mass is 384 g/mol. The van der Waals surface area contributed by atoms with Gasteiger partial charge in [-0.1, -0.05) is 30.1 Å². The van der Waals surface area contributed by atoms with E-state index >= 15 is 0 Å². The number of benzene rings is 1. The summed E-state index contributed by atoms with van der Waals surface area (Å²) in [6.07, 6.45) is 3.70. The van der Waals surface area contributed by atoms with Crippen LogP contribution in [0.25, 0.3) is 0 Å². The lowest BCUT2D eigenvalue weighted by Gasteiger charge is -2.28. The second kappa shape index (κ2) is 7.26. The summed E-state index contributed by atoms with van der Waals surface area (Å²) in [5, 5.41) is 7.21. The first-order chi connectivity index (χ1) is 13.5. The lowest BCUT2D eigenvalue weighted by atomic mass is 9.94. The molecule has 0 spiro atoms. The minimum absolute atomic E-state index is 0.0828. The second-order valence-electron chi connectivity index (χ2n) is 7.49. The van der Waals surface area contributed by atoms with Gasteiger partial charge in [-0.2, -0.15) is 4.98 Å². The van der Waals surface area contributed by atoms with Crippen molar-refractivity contribution in [3.63, 3.8) is 0 Å². The molecule has 148 valence electrons. The number of methoxy groups -OCH3 is 1. The molecule has 28 heavy (non-hydrogen) atoms. The molecule has 2 aromatic rings. The fraction of sp³-hybridized carbons (Fsp3) is 0.500. The first kappa shape index (κ1) is 18.5. The van der Waals surface area contributed by atoms with Crippen LogP contribution in [0.15, 0.2) is 28.8 Å². The summed E-state index contributed by atoms with van der Waals surface area (Å²) < 4.78 is 10.5. The first-order valence-corrected chi connectivity index (χ1v) is 9.58. The third kappa shape index (κ3) is 3.23. The Morgan fingerprint density at radius 3 is 2.75 bits per heavy atom. The number of nitrogens with one attached hydrogen (secondary N) is 1. The molecule has 0 radical (unpaired) electrons. The summed E-state index contributed by atoms with van der Waals surface area (Å²) in [5.74, 6) is 0.973. The van der Waals surface area contributed by atoms with E-state index in [1.807, 2.05) is 24.3 Å². The number of ether oxygens (including phenoxy) is 1. The molecule has 2 aliphatic rings. The van der Waals surface area contributed by atoms with Gasteiger partial charge < -0.3 is 19.5 Å². The molecule has 2 amide bonds. The van der Waals surface area contributed by atoms with Crippen molar-refractivity contribution in [2.45, 2.75) is 44.6 Å². The molecule has 1 saturated carbocycles. The van der Waals surface area contributed by atoms with E-state index in [2.05, 4.69) is 15.5 Å². The number of anilines is 1. The molecular weight excluding hydrogens is 360 g/mol. The summed E-state index contributed by atoms with van der Waals surface area (Å²) >= 11 is 0. The van der Waals surface area contributed by atoms with Crippen molar-refractivity contribution in [1.29, 1.82) is 0 Å². The number of amides is 2. The van der Waals surface area contributed by atoms with Gasteiger partial charge in [0.15, 0.2) is 5.82 Å². The number of hydrogen-bond donors (Lipinski definition) is 1. The Labute approximate surface area is 163 Å². The van der Waals surface area contributed by atoms with Crippen molar-refractivity contribution in [2.75, 3.05) is 18.6 Å². The van der Waals surface area contributed by atoms with Gasteiger partial charge in [0.05, 0.1) is 18.7 Å². The van der Waals surface area contributed by atoms with Gasteiger partial charge in [0.1, 0.15) is 11.3 Å². The van der Waals surface area contributed by atoms with Gasteiger partial charge in [-0.15, -0.1) is 0 Å². The van der Waals surface area contributed by atoms with Gasteiger partial charge in [0.2, 0.25) is 17.7 Å². The largest absolute Gasteiger partial charge is 0.495 e. The molecule has 4 rings (SSSR count). The van der Waals surface area contributed by atoms with Crippen LogP contribution < -0.4 is 15.0 Å². The highest BCUT2D eigenvalue weighted by Gasteiger charge is 2.44. The molecule has 2 heterocycles. The number of carbonyl (C=O) groups excluding carboxylic acids is 2. The van der Waals surface area contributed by atoms with E-state index < -0.39 is 11.5 Å². The fourth-order valence-corrected chi connectivity index (χ4v) is 4.18. The minimum Gasteiger partial charge on any atom is -0.495 e. The number of nitrogens with zero attached hydrogens (tertiary/aromatic N) is 3. The van der Waals surface area contributed by atoms with Crippen molar-refractivity contribution in [3.05, 3.63) is 36.0 Å². The average Bonchev–Trinajstić information content (AvgIpc) is 3.42. The van der Waals surface area contributed by atoms with Crippen LogP contribution >= 0.6 is 0 Å². The first-order valence-electron chi connectivity index (χ1n) is 9.58. The molecule has 1 aromatic carbocycles. The number of aromatic nitrogens is 2. The Balaban J connectivity index is 1.52. The Kier molecular flexibility index (Phi) is 4.78. The molecule has 0 bridgehead atoms. The zero-order valence-corrected chi connectivity index (χ0v) is 16.1. The third-order valence-electron chi connectivity index (χ3n) is 5.65. The number of aryl methyl sites for hydroxylation is 1. The maximum atomic E-state index is 13.1. The molecule has 1 N–H and O–H groups in total. The molecule has 1 atom stereocenters. The van der Waals surface area contributed by atoms with E-state index in [1.165, 1.54) is 0 Å². The van der Waals surface area contributed by atoms with Crippen LogP contribution in [-0.2, 0) is 15.1 Å². The lowest BCUT2D eigenvalue weighted by Crippen LogP contribution is -2.47. The van der Waals surface area contributed by atoms with Crippen molar-refractivity contribution < 1.29 is 18.8 Å². The Morgan fingerprint density at radius 2 is 2.07 bits per heavy atom. The van der Waals surface area contributed by atoms with E-state index in [-0.39, 0.29) is 18.2 Å². The maximum Gasteiger partial charge on any atom is 0.227 e. The van der Waals surface area contributed by atoms with Gasteiger partial charge in [-0.25, -0.2) is 0 Å². The smallest absolute Gasteiger partial charge is 0.227 e. The summed E-state index contributed by atoms with van der Waals surface area (Å²) in [5.41, 5.74) is 0.0881. The van der Waals surface area contributed by atoms with Crippen LogP contribution in [0.5, 0.6) is 5.75 Å². The quantitative estimate of drug-likeness (QED) is 0.850. The predicted molar refractivity (Wildman–Crippen MR) is 101 cm³/mol. The van der Waals surface area contributed by atoms with E-state index in [0.717, 1.165) is 25.7 Å². The summed E-state index contributed by atoms with van der Waals surface area (Å²) in [4.78, 5) is 31.6.